The van der Waals surface area contributed by atoms with Crippen LogP contribution in [0, 0.1) is 0 Å². The zero-order valence-electron chi connectivity index (χ0n) is 31.8. The maximum absolute atomic E-state index is 12.0. The summed E-state index contributed by atoms with van der Waals surface area (Å²) in [7, 11) is 0. The molecule has 0 aliphatic carbocycles. The Kier molecular flexibility index (Phi) is 36.5. The van der Waals surface area contributed by atoms with Gasteiger partial charge in [0.05, 0.1) is 164 Å². The van der Waals surface area contributed by atoms with Crippen LogP contribution in [0.4, 0.5) is 4.79 Å². The lowest BCUT2D eigenvalue weighted by Gasteiger charge is -2.16. The van der Waals surface area contributed by atoms with Gasteiger partial charge in [-0.2, -0.15) is 11.8 Å². The number of carbonyl (C=O) groups excluding carboxylic acids is 2. The van der Waals surface area contributed by atoms with Gasteiger partial charge in [0.25, 0.3) is 0 Å². The summed E-state index contributed by atoms with van der Waals surface area (Å²) in [6.07, 6.45) is 3.33. The van der Waals surface area contributed by atoms with Gasteiger partial charge in [-0.3, -0.25) is 4.79 Å². The summed E-state index contributed by atoms with van der Waals surface area (Å²) in [5, 5.41) is 9.28. The average Bonchev–Trinajstić information content (AvgIpc) is 3.72. The molecule has 2 fully saturated rings. The van der Waals surface area contributed by atoms with Gasteiger partial charge in [-0.15, -0.1) is 12.4 Å². The molecule has 0 radical (unpaired) electrons. The highest BCUT2D eigenvalue weighted by molar-refractivity contribution is 8.00. The molecular formula is C34H67ClN4O14S. The van der Waals surface area contributed by atoms with Crippen LogP contribution in [0.25, 0.3) is 0 Å². The lowest BCUT2D eigenvalue weighted by atomic mass is 10.0. The number of nitrogens with one attached hydrogen (secondary N) is 3. The van der Waals surface area contributed by atoms with E-state index < -0.39 is 0 Å². The quantitative estimate of drug-likeness (QED) is 0.0372. The SMILES string of the molecule is Cl.NOCCOCCOCCOCCOCCOCCOCCOCCOCCOCCOCCOCCNC(=O)CCCC[C@@H]1SC[C@@H]2NC(=O)N[C@@H]21. The predicted octanol–water partition coefficient (Wildman–Crippen LogP) is 0.323. The molecule has 20 heteroatoms. The maximum atomic E-state index is 12.0. The van der Waals surface area contributed by atoms with Crippen LogP contribution >= 0.6 is 24.2 Å². The normalized spacial score (nSPS) is 17.6. The molecule has 0 spiro atoms. The number of unbranched alkanes of at least 4 members (excludes halogenated alkanes) is 1. The van der Waals surface area contributed by atoms with Gasteiger partial charge in [-0.05, 0) is 12.8 Å². The molecule has 0 aromatic carbocycles. The lowest BCUT2D eigenvalue weighted by Crippen LogP contribution is -2.36. The first-order valence-electron chi connectivity index (χ1n) is 18.8. The van der Waals surface area contributed by atoms with Crippen LogP contribution in [0.3, 0.4) is 0 Å². The summed E-state index contributed by atoms with van der Waals surface area (Å²) in [5.74, 6) is 5.90. The number of hydrogen-bond acceptors (Lipinski definition) is 16. The number of urea groups is 1. The Balaban J connectivity index is 0.0000146. The second-order valence-electron chi connectivity index (χ2n) is 11.8. The van der Waals surface area contributed by atoms with Gasteiger partial charge in [0.15, 0.2) is 0 Å². The third-order valence-corrected chi connectivity index (χ3v) is 9.22. The van der Waals surface area contributed by atoms with Crippen molar-refractivity contribution in [1.82, 2.24) is 16.0 Å². The molecule has 2 saturated heterocycles. The largest absolute Gasteiger partial charge is 0.377 e. The molecule has 2 aliphatic rings. The Morgan fingerprint density at radius 1 is 0.574 bits per heavy atom. The van der Waals surface area contributed by atoms with E-state index in [0.717, 1.165) is 25.0 Å². The van der Waals surface area contributed by atoms with Crippen LogP contribution in [0.5, 0.6) is 0 Å². The Hall–Kier alpha value is -1.14. The van der Waals surface area contributed by atoms with E-state index in [2.05, 4.69) is 20.8 Å². The number of carbonyl (C=O) groups is 2. The van der Waals surface area contributed by atoms with Gasteiger partial charge < -0.3 is 72.9 Å². The number of fused-ring (bicyclic) bond motifs is 1. The molecule has 0 saturated carbocycles. The highest BCUT2D eigenvalue weighted by atomic mass is 35.5. The molecule has 5 N–H and O–H groups in total. The van der Waals surface area contributed by atoms with Gasteiger partial charge in [0.1, 0.15) is 0 Å². The fourth-order valence-electron chi connectivity index (χ4n) is 5.03. The smallest absolute Gasteiger partial charge is 0.315 e. The standard InChI is InChI=1S/C34H66N4O14S.ClH/c35-52-28-27-51-26-25-50-24-23-49-22-21-48-20-19-47-18-17-46-16-15-45-14-13-44-12-11-43-10-9-42-8-7-41-6-5-36-32(39)4-2-1-3-31-33-30(29-53-31)37-34(40)38-33;/h30-31,33H,1-29,35H2,(H,36,39)(H2,37,38,40);1H/t30-,31-,33-;/m0./s1. The number of amides is 3. The van der Waals surface area contributed by atoms with Crippen molar-refractivity contribution in [2.75, 3.05) is 164 Å². The van der Waals surface area contributed by atoms with Gasteiger partial charge in [0.2, 0.25) is 5.91 Å². The highest BCUT2D eigenvalue weighted by Gasteiger charge is 2.42. The molecule has 0 aromatic heterocycles. The first-order valence-corrected chi connectivity index (χ1v) is 19.9. The average molecular weight is 823 g/mol. The summed E-state index contributed by atoms with van der Waals surface area (Å²) in [6.45, 7) is 11.6. The molecule has 320 valence electrons. The van der Waals surface area contributed by atoms with E-state index in [0.29, 0.717) is 170 Å². The Morgan fingerprint density at radius 3 is 1.33 bits per heavy atom. The van der Waals surface area contributed by atoms with E-state index in [4.69, 9.17) is 58.0 Å². The molecule has 0 unspecified atom stereocenters. The van der Waals surface area contributed by atoms with Crippen molar-refractivity contribution in [2.24, 2.45) is 5.90 Å². The first-order chi connectivity index (χ1) is 26.2. The number of halogens is 1. The minimum atomic E-state index is -0.0614. The highest BCUT2D eigenvalue weighted by Crippen LogP contribution is 2.33. The molecule has 54 heavy (non-hydrogen) atoms. The Morgan fingerprint density at radius 2 is 0.944 bits per heavy atom. The topological polar surface area (TPSA) is 207 Å². The zero-order chi connectivity index (χ0) is 37.7. The van der Waals surface area contributed by atoms with Crippen molar-refractivity contribution in [3.8, 4) is 0 Å². The van der Waals surface area contributed by atoms with Crippen LogP contribution in [0.2, 0.25) is 0 Å². The first kappa shape index (κ1) is 50.9. The van der Waals surface area contributed by atoms with E-state index >= 15 is 0 Å². The fraction of sp³-hybridized carbons (Fsp3) is 0.941. The maximum Gasteiger partial charge on any atom is 0.315 e. The fourth-order valence-corrected chi connectivity index (χ4v) is 6.58. The minimum Gasteiger partial charge on any atom is -0.377 e. The molecular weight excluding hydrogens is 756 g/mol. The van der Waals surface area contributed by atoms with Gasteiger partial charge >= 0.3 is 6.03 Å². The second kappa shape index (κ2) is 38.7. The summed E-state index contributed by atoms with van der Waals surface area (Å²) in [6, 6.07) is 0.404. The van der Waals surface area contributed by atoms with E-state index in [1.165, 1.54) is 0 Å². The van der Waals surface area contributed by atoms with Crippen LogP contribution < -0.4 is 21.8 Å². The zero-order valence-corrected chi connectivity index (χ0v) is 33.5. The van der Waals surface area contributed by atoms with Crippen molar-refractivity contribution in [2.45, 2.75) is 43.0 Å². The number of hydrogen-bond donors (Lipinski definition) is 4. The van der Waals surface area contributed by atoms with E-state index in [1.54, 1.807) is 0 Å². The van der Waals surface area contributed by atoms with Crippen LogP contribution in [0.15, 0.2) is 0 Å². The number of nitrogens with two attached hydrogens (primary N) is 1. The summed E-state index contributed by atoms with van der Waals surface area (Å²) in [4.78, 5) is 27.9. The summed E-state index contributed by atoms with van der Waals surface area (Å²) in [5.41, 5.74) is 0. The number of thioether (sulfide) groups is 1. The van der Waals surface area contributed by atoms with Crippen molar-refractivity contribution in [3.05, 3.63) is 0 Å². The monoisotopic (exact) mass is 822 g/mol. The van der Waals surface area contributed by atoms with Crippen molar-refractivity contribution in [1.29, 1.82) is 0 Å². The lowest BCUT2D eigenvalue weighted by molar-refractivity contribution is -0.121. The molecule has 3 amide bonds. The third kappa shape index (κ3) is 30.1. The predicted molar refractivity (Wildman–Crippen MR) is 203 cm³/mol. The summed E-state index contributed by atoms with van der Waals surface area (Å²) >= 11 is 1.90. The number of rotatable bonds is 41. The van der Waals surface area contributed by atoms with Gasteiger partial charge in [-0.1, -0.05) is 6.42 Å². The van der Waals surface area contributed by atoms with E-state index in [1.807, 2.05) is 11.8 Å². The van der Waals surface area contributed by atoms with Crippen LogP contribution in [0.1, 0.15) is 25.7 Å². The van der Waals surface area contributed by atoms with Crippen molar-refractivity contribution in [3.63, 3.8) is 0 Å². The van der Waals surface area contributed by atoms with Crippen LogP contribution in [-0.4, -0.2) is 194 Å². The number of ether oxygens (including phenoxy) is 11. The van der Waals surface area contributed by atoms with E-state index in [9.17, 15) is 9.59 Å². The molecule has 2 heterocycles. The van der Waals surface area contributed by atoms with Gasteiger partial charge in [0, 0.05) is 24.0 Å². The minimum absolute atomic E-state index is 0. The Labute approximate surface area is 331 Å². The third-order valence-electron chi connectivity index (χ3n) is 7.71. The molecule has 0 bridgehead atoms. The molecule has 2 aliphatic heterocycles. The molecule has 0 aromatic rings. The molecule has 2 rings (SSSR count). The Bertz CT molecular complexity index is 866. The summed E-state index contributed by atoms with van der Waals surface area (Å²) < 4.78 is 59.9. The van der Waals surface area contributed by atoms with Gasteiger partial charge in [-0.25, -0.2) is 10.7 Å². The molecule has 18 nitrogen and oxygen atoms in total. The second-order valence-corrected chi connectivity index (χ2v) is 13.1. The van der Waals surface area contributed by atoms with E-state index in [-0.39, 0.29) is 36.4 Å². The van der Waals surface area contributed by atoms with Crippen molar-refractivity contribution >= 4 is 36.1 Å². The molecule has 3 atom stereocenters. The van der Waals surface area contributed by atoms with Crippen molar-refractivity contribution < 1.29 is 66.5 Å². The van der Waals surface area contributed by atoms with Crippen LogP contribution in [-0.2, 0) is 61.7 Å².